The molecule has 1 aromatic heterocycles. The minimum atomic E-state index is -0.217. The molecule has 2 heterocycles. The van der Waals surface area contributed by atoms with Crippen molar-refractivity contribution in [3.8, 4) is 0 Å². The van der Waals surface area contributed by atoms with E-state index in [2.05, 4.69) is 15.5 Å². The molecule has 1 aromatic carbocycles. The van der Waals surface area contributed by atoms with E-state index in [9.17, 15) is 4.79 Å². The van der Waals surface area contributed by atoms with Gasteiger partial charge in [-0.25, -0.2) is 4.98 Å². The molecule has 2 aromatic rings. The van der Waals surface area contributed by atoms with Gasteiger partial charge in [-0.2, -0.15) is 0 Å². The Morgan fingerprint density at radius 1 is 1.27 bits per heavy atom. The molecule has 1 N–H and O–H groups in total. The van der Waals surface area contributed by atoms with Gasteiger partial charge in [0, 0.05) is 11.3 Å². The fraction of sp³-hybridized carbons (Fsp3) is 0.312. The van der Waals surface area contributed by atoms with Gasteiger partial charge >= 0.3 is 0 Å². The van der Waals surface area contributed by atoms with E-state index in [-0.39, 0.29) is 12.0 Å². The zero-order chi connectivity index (χ0) is 14.9. The molecular formula is C16H15N3O2S. The first kappa shape index (κ1) is 13.5. The molecule has 1 atom stereocenters. The third kappa shape index (κ3) is 2.50. The first-order valence-electron chi connectivity index (χ1n) is 7.37. The second-order valence-electron chi connectivity index (χ2n) is 5.44. The molecule has 0 saturated heterocycles. The van der Waals surface area contributed by atoms with E-state index in [0.717, 1.165) is 24.1 Å². The van der Waals surface area contributed by atoms with Crippen molar-refractivity contribution < 1.29 is 9.63 Å². The van der Waals surface area contributed by atoms with Crippen LogP contribution >= 0.6 is 11.3 Å². The Morgan fingerprint density at radius 3 is 2.95 bits per heavy atom. The minimum Gasteiger partial charge on any atom is -0.387 e. The largest absolute Gasteiger partial charge is 0.387 e. The van der Waals surface area contributed by atoms with Crippen LogP contribution in [0.25, 0.3) is 0 Å². The van der Waals surface area contributed by atoms with Crippen molar-refractivity contribution in [2.75, 3.05) is 5.32 Å². The van der Waals surface area contributed by atoms with Gasteiger partial charge in [-0.3, -0.25) is 10.1 Å². The van der Waals surface area contributed by atoms with Crippen LogP contribution in [0.3, 0.4) is 0 Å². The molecular weight excluding hydrogens is 298 g/mol. The predicted octanol–water partition coefficient (Wildman–Crippen LogP) is 3.09. The number of nitrogens with zero attached hydrogens (tertiary/aromatic N) is 2. The smallest absolute Gasteiger partial charge is 0.275 e. The number of oxime groups is 1. The quantitative estimate of drug-likeness (QED) is 0.947. The number of benzene rings is 1. The standard InChI is InChI=1S/C16H15N3O2S/c20-15(18-16-17-11-7-4-8-14(11)22-16)12-9-13(21-19-12)10-5-2-1-3-6-10/h1-3,5-6,13H,4,7-9H2,(H,17,18,20). The first-order chi connectivity index (χ1) is 10.8. The van der Waals surface area contributed by atoms with Crippen LogP contribution in [-0.4, -0.2) is 16.6 Å². The summed E-state index contributed by atoms with van der Waals surface area (Å²) in [6, 6.07) is 9.81. The highest BCUT2D eigenvalue weighted by Crippen LogP contribution is 2.31. The number of hydrogen-bond donors (Lipinski definition) is 1. The SMILES string of the molecule is O=C(Nc1nc2c(s1)CCC2)C1=NOC(c2ccccc2)C1. The Balaban J connectivity index is 1.41. The van der Waals surface area contributed by atoms with Crippen LogP contribution in [-0.2, 0) is 22.5 Å². The summed E-state index contributed by atoms with van der Waals surface area (Å²) < 4.78 is 0. The summed E-state index contributed by atoms with van der Waals surface area (Å²) in [6.45, 7) is 0. The van der Waals surface area contributed by atoms with Crippen LogP contribution in [0.5, 0.6) is 0 Å². The van der Waals surface area contributed by atoms with Gasteiger partial charge in [-0.1, -0.05) is 35.5 Å². The number of aromatic nitrogens is 1. The number of carbonyl (C=O) groups is 1. The number of rotatable bonds is 3. The van der Waals surface area contributed by atoms with E-state index < -0.39 is 0 Å². The second kappa shape index (κ2) is 5.53. The summed E-state index contributed by atoms with van der Waals surface area (Å²) in [7, 11) is 0. The molecule has 0 saturated carbocycles. The summed E-state index contributed by atoms with van der Waals surface area (Å²) in [5, 5.41) is 7.44. The lowest BCUT2D eigenvalue weighted by Gasteiger charge is -2.07. The van der Waals surface area contributed by atoms with E-state index in [0.29, 0.717) is 17.3 Å². The normalized spacial score (nSPS) is 19.5. The zero-order valence-electron chi connectivity index (χ0n) is 11.9. The third-order valence-corrected chi connectivity index (χ3v) is 4.99. The molecule has 5 nitrogen and oxygen atoms in total. The minimum absolute atomic E-state index is 0.178. The number of nitrogens with one attached hydrogen (secondary N) is 1. The predicted molar refractivity (Wildman–Crippen MR) is 85.1 cm³/mol. The molecule has 22 heavy (non-hydrogen) atoms. The van der Waals surface area contributed by atoms with Gasteiger partial charge in [0.15, 0.2) is 11.2 Å². The maximum Gasteiger partial charge on any atom is 0.275 e. The van der Waals surface area contributed by atoms with Gasteiger partial charge in [-0.05, 0) is 24.8 Å². The van der Waals surface area contributed by atoms with Crippen LogP contribution < -0.4 is 5.32 Å². The summed E-state index contributed by atoms with van der Waals surface area (Å²) >= 11 is 1.57. The molecule has 2 aliphatic rings. The molecule has 6 heteroatoms. The van der Waals surface area contributed by atoms with Crippen LogP contribution in [0.1, 0.15) is 35.1 Å². The molecule has 1 aliphatic heterocycles. The van der Waals surface area contributed by atoms with Crippen LogP contribution in [0, 0.1) is 0 Å². The summed E-state index contributed by atoms with van der Waals surface area (Å²) in [5.41, 5.74) is 2.58. The van der Waals surface area contributed by atoms with E-state index in [1.54, 1.807) is 11.3 Å². The highest BCUT2D eigenvalue weighted by molar-refractivity contribution is 7.16. The Bertz CT molecular complexity index is 718. The van der Waals surface area contributed by atoms with Crippen molar-refractivity contribution in [1.29, 1.82) is 0 Å². The molecule has 0 radical (unpaired) electrons. The number of aryl methyl sites for hydroxylation is 2. The van der Waals surface area contributed by atoms with E-state index in [1.165, 1.54) is 11.3 Å². The maximum absolute atomic E-state index is 12.3. The Labute approximate surface area is 132 Å². The fourth-order valence-electron chi connectivity index (χ4n) is 2.77. The lowest BCUT2D eigenvalue weighted by molar-refractivity contribution is -0.110. The van der Waals surface area contributed by atoms with Gasteiger partial charge < -0.3 is 4.84 Å². The first-order valence-corrected chi connectivity index (χ1v) is 8.19. The highest BCUT2D eigenvalue weighted by atomic mass is 32.1. The maximum atomic E-state index is 12.3. The number of fused-ring (bicyclic) bond motifs is 1. The molecule has 0 spiro atoms. The molecule has 1 unspecified atom stereocenters. The molecule has 0 bridgehead atoms. The van der Waals surface area contributed by atoms with Gasteiger partial charge in [0.25, 0.3) is 5.91 Å². The van der Waals surface area contributed by atoms with E-state index >= 15 is 0 Å². The third-order valence-electron chi connectivity index (χ3n) is 3.92. The Morgan fingerprint density at radius 2 is 2.14 bits per heavy atom. The Kier molecular flexibility index (Phi) is 3.38. The number of carbonyl (C=O) groups excluding carboxylic acids is 1. The molecule has 1 amide bonds. The second-order valence-corrected chi connectivity index (χ2v) is 6.53. The average molecular weight is 313 g/mol. The van der Waals surface area contributed by atoms with E-state index in [1.807, 2.05) is 30.3 Å². The summed E-state index contributed by atoms with van der Waals surface area (Å²) in [4.78, 5) is 23.4. The fourth-order valence-corrected chi connectivity index (χ4v) is 3.82. The van der Waals surface area contributed by atoms with Crippen molar-refractivity contribution in [3.05, 3.63) is 46.5 Å². The number of anilines is 1. The highest BCUT2D eigenvalue weighted by Gasteiger charge is 2.28. The summed E-state index contributed by atoms with van der Waals surface area (Å²) in [5.74, 6) is -0.217. The van der Waals surface area contributed by atoms with Crippen LogP contribution in [0.15, 0.2) is 35.5 Å². The molecule has 1 aliphatic carbocycles. The lowest BCUT2D eigenvalue weighted by Crippen LogP contribution is -2.21. The van der Waals surface area contributed by atoms with Crippen LogP contribution in [0.2, 0.25) is 0 Å². The van der Waals surface area contributed by atoms with Crippen molar-refractivity contribution in [2.45, 2.75) is 31.8 Å². The van der Waals surface area contributed by atoms with Crippen LogP contribution in [0.4, 0.5) is 5.13 Å². The van der Waals surface area contributed by atoms with Gasteiger partial charge in [-0.15, -0.1) is 11.3 Å². The van der Waals surface area contributed by atoms with Crippen molar-refractivity contribution >= 4 is 28.1 Å². The van der Waals surface area contributed by atoms with Crippen molar-refractivity contribution in [1.82, 2.24) is 4.98 Å². The topological polar surface area (TPSA) is 63.6 Å². The van der Waals surface area contributed by atoms with Gasteiger partial charge in [0.1, 0.15) is 5.71 Å². The van der Waals surface area contributed by atoms with E-state index in [4.69, 9.17) is 4.84 Å². The molecule has 112 valence electrons. The molecule has 4 rings (SSSR count). The van der Waals surface area contributed by atoms with Crippen molar-refractivity contribution in [3.63, 3.8) is 0 Å². The Hall–Kier alpha value is -2.21. The number of thiazole rings is 1. The monoisotopic (exact) mass is 313 g/mol. The zero-order valence-corrected chi connectivity index (χ0v) is 12.7. The molecule has 0 fully saturated rings. The lowest BCUT2D eigenvalue weighted by atomic mass is 10.0. The van der Waals surface area contributed by atoms with Gasteiger partial charge in [0.05, 0.1) is 5.69 Å². The average Bonchev–Trinajstić information content (AvgIpc) is 3.23. The number of amides is 1. The number of hydrogen-bond acceptors (Lipinski definition) is 5. The summed E-state index contributed by atoms with van der Waals surface area (Å²) in [6.07, 6.45) is 3.57. The van der Waals surface area contributed by atoms with Gasteiger partial charge in [0.2, 0.25) is 0 Å². The van der Waals surface area contributed by atoms with Crippen molar-refractivity contribution in [2.24, 2.45) is 5.16 Å².